The Balaban J connectivity index is 0.000000202. The summed E-state index contributed by atoms with van der Waals surface area (Å²) in [6.45, 7) is 0. The van der Waals surface area contributed by atoms with Gasteiger partial charge in [-0.1, -0.05) is 6.07 Å². The summed E-state index contributed by atoms with van der Waals surface area (Å²) in [6.07, 6.45) is 3.50. The summed E-state index contributed by atoms with van der Waals surface area (Å²) in [6, 6.07) is 5.72. The lowest BCUT2D eigenvalue weighted by atomic mass is 10.3. The second kappa shape index (κ2) is 8.19. The molecule has 1 N–H and O–H groups in total. The van der Waals surface area contributed by atoms with Crippen molar-refractivity contribution in [1.82, 2.24) is 4.98 Å². The van der Waals surface area contributed by atoms with E-state index in [1.54, 1.807) is 12.4 Å². The van der Waals surface area contributed by atoms with Crippen LogP contribution in [0.25, 0.3) is 0 Å². The summed E-state index contributed by atoms with van der Waals surface area (Å²) in [4.78, 5) is 3.78. The monoisotopic (exact) mass is 169 g/mol. The van der Waals surface area contributed by atoms with Crippen molar-refractivity contribution in [3.8, 4) is 0 Å². The Labute approximate surface area is 72.3 Å². The first-order valence-electron chi connectivity index (χ1n) is 3.40. The van der Waals surface area contributed by atoms with Gasteiger partial charge in [-0.25, -0.2) is 0 Å². The predicted octanol–water partition coefficient (Wildman–Crippen LogP) is 0.338. The maximum atomic E-state index is 8.22. The number of pyridine rings is 1. The minimum atomic E-state index is -1.06. The van der Waals surface area contributed by atoms with E-state index in [0.717, 1.165) is 0 Å². The van der Waals surface area contributed by atoms with Gasteiger partial charge in [0.15, 0.2) is 0 Å². The molecule has 1 heterocycles. The zero-order valence-electron chi connectivity index (χ0n) is 7.18. The largest absolute Gasteiger partial charge is 0.636 e. The quantitative estimate of drug-likeness (QED) is 0.648. The Morgan fingerprint density at radius 1 is 1.08 bits per heavy atom. The molecule has 0 aliphatic rings. The summed E-state index contributed by atoms with van der Waals surface area (Å²) >= 11 is 0. The summed E-state index contributed by atoms with van der Waals surface area (Å²) in [5, 5.41) is 8.22. The van der Waals surface area contributed by atoms with E-state index in [1.165, 1.54) is 14.2 Å². The van der Waals surface area contributed by atoms with E-state index in [2.05, 4.69) is 14.3 Å². The minimum Gasteiger partial charge on any atom is -0.402 e. The molecule has 66 valence electrons. The summed E-state index contributed by atoms with van der Waals surface area (Å²) in [5.74, 6) is 0. The minimum absolute atomic E-state index is 1.06. The van der Waals surface area contributed by atoms with Crippen molar-refractivity contribution < 1.29 is 14.3 Å². The van der Waals surface area contributed by atoms with Crippen LogP contribution in [0.1, 0.15) is 0 Å². The van der Waals surface area contributed by atoms with Crippen molar-refractivity contribution in [3.05, 3.63) is 30.6 Å². The third-order valence-electron chi connectivity index (χ3n) is 0.970. The van der Waals surface area contributed by atoms with Gasteiger partial charge in [0.25, 0.3) is 0 Å². The van der Waals surface area contributed by atoms with Crippen molar-refractivity contribution in [1.29, 1.82) is 0 Å². The summed E-state index contributed by atoms with van der Waals surface area (Å²) in [5.41, 5.74) is 0. The molecule has 5 heteroatoms. The third kappa shape index (κ3) is 7.20. The zero-order valence-corrected chi connectivity index (χ0v) is 7.18. The average Bonchev–Trinajstić information content (AvgIpc) is 2.20. The summed E-state index contributed by atoms with van der Waals surface area (Å²) < 4.78 is 8.47. The molecule has 0 saturated carbocycles. The Hall–Kier alpha value is -0.905. The lowest BCUT2D eigenvalue weighted by molar-refractivity contribution is 0.193. The van der Waals surface area contributed by atoms with Gasteiger partial charge in [0.1, 0.15) is 0 Å². The van der Waals surface area contributed by atoms with Crippen molar-refractivity contribution in [2.24, 2.45) is 0 Å². The van der Waals surface area contributed by atoms with Crippen molar-refractivity contribution in [3.63, 3.8) is 0 Å². The van der Waals surface area contributed by atoms with Crippen LogP contribution in [-0.4, -0.2) is 31.5 Å². The first-order valence-corrected chi connectivity index (χ1v) is 3.40. The van der Waals surface area contributed by atoms with Gasteiger partial charge in [0.2, 0.25) is 0 Å². The highest BCUT2D eigenvalue weighted by Crippen LogP contribution is 1.73. The molecule has 1 rings (SSSR count). The molecule has 4 nitrogen and oxygen atoms in total. The predicted molar refractivity (Wildman–Crippen MR) is 46.2 cm³/mol. The molecule has 0 saturated heterocycles. The van der Waals surface area contributed by atoms with Gasteiger partial charge >= 0.3 is 7.32 Å². The Kier molecular flexibility index (Phi) is 7.58. The second-order valence-electron chi connectivity index (χ2n) is 1.80. The average molecular weight is 169 g/mol. The molecule has 0 radical (unpaired) electrons. The highest BCUT2D eigenvalue weighted by molar-refractivity contribution is 6.34. The highest BCUT2D eigenvalue weighted by atomic mass is 16.7. The zero-order chi connectivity index (χ0) is 9.23. The van der Waals surface area contributed by atoms with Crippen LogP contribution in [0.3, 0.4) is 0 Å². The van der Waals surface area contributed by atoms with E-state index >= 15 is 0 Å². The first-order chi connectivity index (χ1) is 5.81. The molecule has 0 aromatic carbocycles. The molecule has 0 spiro atoms. The molecule has 0 aliphatic heterocycles. The maximum absolute atomic E-state index is 8.22. The Morgan fingerprint density at radius 3 is 1.67 bits per heavy atom. The van der Waals surface area contributed by atoms with E-state index in [9.17, 15) is 0 Å². The van der Waals surface area contributed by atoms with Crippen LogP contribution in [0.5, 0.6) is 0 Å². The van der Waals surface area contributed by atoms with Gasteiger partial charge in [0, 0.05) is 26.6 Å². The topological polar surface area (TPSA) is 51.6 Å². The number of aromatic nitrogens is 1. The van der Waals surface area contributed by atoms with E-state index in [1.807, 2.05) is 18.2 Å². The van der Waals surface area contributed by atoms with Crippen LogP contribution >= 0.6 is 0 Å². The standard InChI is InChI=1S/C5H5N.C2H7BO3/c1-2-4-6-5-3-1;1-5-3(4)6-2/h1-5H;4H,1-2H3. The summed E-state index contributed by atoms with van der Waals surface area (Å²) in [7, 11) is 1.65. The van der Waals surface area contributed by atoms with Crippen LogP contribution in [0.4, 0.5) is 0 Å². The van der Waals surface area contributed by atoms with E-state index < -0.39 is 7.32 Å². The molecule has 0 amide bonds. The van der Waals surface area contributed by atoms with Crippen LogP contribution in [0.15, 0.2) is 30.6 Å². The number of rotatable bonds is 2. The molecule has 0 atom stereocenters. The first kappa shape index (κ1) is 11.1. The van der Waals surface area contributed by atoms with E-state index in [4.69, 9.17) is 5.02 Å². The van der Waals surface area contributed by atoms with Gasteiger partial charge in [-0.15, -0.1) is 0 Å². The van der Waals surface area contributed by atoms with Crippen LogP contribution < -0.4 is 0 Å². The molecule has 1 aromatic rings. The fourth-order valence-electron chi connectivity index (χ4n) is 0.409. The molecule has 0 bridgehead atoms. The lowest BCUT2D eigenvalue weighted by Crippen LogP contribution is -2.17. The number of hydrogen-bond acceptors (Lipinski definition) is 4. The fraction of sp³-hybridized carbons (Fsp3) is 0.286. The lowest BCUT2D eigenvalue weighted by Gasteiger charge is -1.94. The Morgan fingerprint density at radius 2 is 1.58 bits per heavy atom. The maximum Gasteiger partial charge on any atom is 0.636 e. The van der Waals surface area contributed by atoms with E-state index in [0.29, 0.717) is 0 Å². The van der Waals surface area contributed by atoms with Gasteiger partial charge in [-0.05, 0) is 12.1 Å². The van der Waals surface area contributed by atoms with Crippen LogP contribution in [-0.2, 0) is 9.31 Å². The van der Waals surface area contributed by atoms with Crippen molar-refractivity contribution >= 4 is 7.32 Å². The van der Waals surface area contributed by atoms with Gasteiger partial charge in [-0.3, -0.25) is 4.98 Å². The van der Waals surface area contributed by atoms with E-state index in [-0.39, 0.29) is 0 Å². The third-order valence-corrected chi connectivity index (χ3v) is 0.970. The number of hydrogen-bond donors (Lipinski definition) is 1. The molecular formula is C7H12BNO3. The molecule has 0 aliphatic carbocycles. The molecule has 0 unspecified atom stereocenters. The molecule has 1 aromatic heterocycles. The highest BCUT2D eigenvalue weighted by Gasteiger charge is 2.06. The second-order valence-corrected chi connectivity index (χ2v) is 1.80. The smallest absolute Gasteiger partial charge is 0.402 e. The van der Waals surface area contributed by atoms with Crippen molar-refractivity contribution in [2.75, 3.05) is 14.2 Å². The molecule has 12 heavy (non-hydrogen) atoms. The fourth-order valence-corrected chi connectivity index (χ4v) is 0.409. The normalized spacial score (nSPS) is 8.25. The van der Waals surface area contributed by atoms with Gasteiger partial charge < -0.3 is 14.3 Å². The van der Waals surface area contributed by atoms with Gasteiger partial charge in [-0.2, -0.15) is 0 Å². The Bertz CT molecular complexity index is 143. The van der Waals surface area contributed by atoms with Crippen molar-refractivity contribution in [2.45, 2.75) is 0 Å². The number of nitrogens with zero attached hydrogens (tertiary/aromatic N) is 1. The van der Waals surface area contributed by atoms with Gasteiger partial charge in [0.05, 0.1) is 0 Å². The van der Waals surface area contributed by atoms with Crippen LogP contribution in [0, 0.1) is 0 Å². The SMILES string of the molecule is COB(O)OC.c1ccncc1. The molecule has 0 fully saturated rings. The van der Waals surface area contributed by atoms with Crippen LogP contribution in [0.2, 0.25) is 0 Å². The molecular weight excluding hydrogens is 157 g/mol.